The summed E-state index contributed by atoms with van der Waals surface area (Å²) in [7, 11) is 1.50. The molecule has 1 aliphatic carbocycles. The number of hydrogen-bond acceptors (Lipinski definition) is 6. The van der Waals surface area contributed by atoms with E-state index in [1.807, 2.05) is 36.4 Å². The van der Waals surface area contributed by atoms with Crippen molar-refractivity contribution >= 4 is 29.9 Å². The molecular weight excluding hydrogens is 474 g/mol. The minimum atomic E-state index is 0.175. The topological polar surface area (TPSA) is 96.4 Å². The van der Waals surface area contributed by atoms with Crippen molar-refractivity contribution in [2.75, 3.05) is 25.0 Å². The van der Waals surface area contributed by atoms with Gasteiger partial charge in [-0.15, -0.1) is 0 Å². The Kier molecular flexibility index (Phi) is 10.5. The van der Waals surface area contributed by atoms with Crippen LogP contribution in [0.4, 0.5) is 5.69 Å². The molecule has 0 unspecified atom stereocenters. The van der Waals surface area contributed by atoms with Crippen molar-refractivity contribution in [2.24, 2.45) is 22.5 Å². The van der Waals surface area contributed by atoms with Crippen LogP contribution < -0.4 is 15.4 Å². The Morgan fingerprint density at radius 1 is 1.03 bits per heavy atom. The number of benzene rings is 2. The van der Waals surface area contributed by atoms with E-state index < -0.39 is 0 Å². The Labute approximate surface area is 220 Å². The highest BCUT2D eigenvalue weighted by atomic mass is 35.5. The van der Waals surface area contributed by atoms with Crippen molar-refractivity contribution in [1.82, 2.24) is 0 Å². The fourth-order valence-electron chi connectivity index (χ4n) is 5.46. The van der Waals surface area contributed by atoms with Crippen molar-refractivity contribution in [1.29, 1.82) is 5.26 Å². The predicted molar refractivity (Wildman–Crippen MR) is 146 cm³/mol. The fourth-order valence-corrected chi connectivity index (χ4v) is 5.67. The lowest BCUT2D eigenvalue weighted by Crippen LogP contribution is -2.58. The van der Waals surface area contributed by atoms with Crippen LogP contribution in [0, 0.1) is 28.1 Å². The molecule has 1 heterocycles. The van der Waals surface area contributed by atoms with E-state index >= 15 is 0 Å². The maximum absolute atomic E-state index is 10.6. The first-order valence-electron chi connectivity index (χ1n) is 12.3. The number of nitrogens with zero attached hydrogens (tertiary/aromatic N) is 2. The first-order chi connectivity index (χ1) is 17.1. The number of nitriles is 1. The molecule has 2 aromatic rings. The summed E-state index contributed by atoms with van der Waals surface area (Å²) in [6.45, 7) is 10.7. The van der Waals surface area contributed by atoms with E-state index in [2.05, 4.69) is 38.3 Å². The number of carbonyl (C=O) groups excluding carboxylic acids is 2. The second-order valence-corrected chi connectivity index (χ2v) is 11.0. The molecule has 2 N–H and O–H groups in total. The fraction of sp³-hybridized carbons (Fsp3) is 0.483. The lowest BCUT2D eigenvalue weighted by Gasteiger charge is -2.56. The zero-order chi connectivity index (χ0) is 26.9. The normalized spacial score (nSPS) is 18.2. The van der Waals surface area contributed by atoms with E-state index in [4.69, 9.17) is 21.6 Å². The number of anilines is 1. The summed E-state index contributed by atoms with van der Waals surface area (Å²) in [5.41, 5.74) is 7.19. The van der Waals surface area contributed by atoms with Crippen LogP contribution in [-0.4, -0.2) is 38.8 Å². The van der Waals surface area contributed by atoms with Gasteiger partial charge in [-0.1, -0.05) is 39.3 Å². The predicted octanol–water partition coefficient (Wildman–Crippen LogP) is 5.90. The summed E-state index contributed by atoms with van der Waals surface area (Å²) in [5.74, 6) is 0.968. The van der Waals surface area contributed by atoms with E-state index in [-0.39, 0.29) is 22.9 Å². The molecule has 0 spiro atoms. The molecule has 4 rings (SSSR count). The highest BCUT2D eigenvalue weighted by Crippen LogP contribution is 2.55. The second-order valence-electron chi connectivity index (χ2n) is 10.6. The van der Waals surface area contributed by atoms with Crippen LogP contribution in [-0.2, 0) is 4.79 Å². The Morgan fingerprint density at radius 3 is 2.06 bits per heavy atom. The maximum atomic E-state index is 10.6. The van der Waals surface area contributed by atoms with Crippen molar-refractivity contribution in [3.05, 3.63) is 58.6 Å². The van der Waals surface area contributed by atoms with Crippen LogP contribution in [0.3, 0.4) is 0 Å². The summed E-state index contributed by atoms with van der Waals surface area (Å²) < 4.78 is 6.07. The molecular formula is C29H38ClN3O3. The number of carbonyl (C=O) groups is 2. The van der Waals surface area contributed by atoms with Gasteiger partial charge in [-0.3, -0.25) is 4.79 Å². The number of aldehydes is 2. The van der Waals surface area contributed by atoms with E-state index in [1.165, 1.54) is 7.05 Å². The third-order valence-electron chi connectivity index (χ3n) is 6.77. The number of halogens is 1. The van der Waals surface area contributed by atoms with Gasteiger partial charge in [0.25, 0.3) is 0 Å². The Balaban J connectivity index is 0.000000239. The van der Waals surface area contributed by atoms with Crippen LogP contribution in [0.5, 0.6) is 5.75 Å². The molecule has 1 saturated carbocycles. The van der Waals surface area contributed by atoms with Crippen LogP contribution >= 0.6 is 11.6 Å². The van der Waals surface area contributed by atoms with Gasteiger partial charge in [0, 0.05) is 47.2 Å². The Morgan fingerprint density at radius 2 is 1.61 bits per heavy atom. The summed E-state index contributed by atoms with van der Waals surface area (Å²) in [5, 5.41) is 9.29. The molecule has 194 valence electrons. The Bertz CT molecular complexity index is 1040. The van der Waals surface area contributed by atoms with E-state index in [1.54, 1.807) is 12.1 Å². The number of hydrogen-bond donors (Lipinski definition) is 1. The van der Waals surface area contributed by atoms with Crippen molar-refractivity contribution in [3.8, 4) is 11.8 Å². The molecule has 1 aliphatic heterocycles. The zero-order valence-corrected chi connectivity index (χ0v) is 22.7. The van der Waals surface area contributed by atoms with Gasteiger partial charge < -0.3 is 20.2 Å². The lowest BCUT2D eigenvalue weighted by atomic mass is 9.53. The van der Waals surface area contributed by atoms with Gasteiger partial charge in [-0.05, 0) is 62.7 Å². The number of rotatable bonds is 5. The van der Waals surface area contributed by atoms with Crippen molar-refractivity contribution in [3.63, 3.8) is 0 Å². The van der Waals surface area contributed by atoms with Crippen molar-refractivity contribution in [2.45, 2.75) is 53.1 Å². The first-order valence-corrected chi connectivity index (χ1v) is 12.7. The SMILES string of the molecule is CC1(C)CC(C)(C)C1Oc1ccc(C#N)c(Cl)c1.CN.O=Cc1ccc(N2CCC(C=O)CC2)cc1. The van der Waals surface area contributed by atoms with Crippen molar-refractivity contribution < 1.29 is 14.3 Å². The molecule has 6 nitrogen and oxygen atoms in total. The quantitative estimate of drug-likeness (QED) is 0.501. The highest BCUT2D eigenvalue weighted by Gasteiger charge is 2.54. The van der Waals surface area contributed by atoms with Gasteiger partial charge in [0.1, 0.15) is 30.5 Å². The summed E-state index contributed by atoms with van der Waals surface area (Å²) >= 11 is 6.01. The number of ether oxygens (including phenoxy) is 1. The minimum Gasteiger partial charge on any atom is -0.489 e. The monoisotopic (exact) mass is 511 g/mol. The van der Waals surface area contributed by atoms with E-state index in [9.17, 15) is 9.59 Å². The molecule has 2 aromatic carbocycles. The average molecular weight is 512 g/mol. The summed E-state index contributed by atoms with van der Waals surface area (Å²) in [4.78, 5) is 23.4. The van der Waals surface area contributed by atoms with Crippen LogP contribution in [0.1, 0.15) is 62.9 Å². The van der Waals surface area contributed by atoms with Gasteiger partial charge in [-0.25, -0.2) is 0 Å². The number of nitrogens with two attached hydrogens (primary N) is 1. The van der Waals surface area contributed by atoms with Gasteiger partial charge in [0.05, 0.1) is 10.6 Å². The zero-order valence-electron chi connectivity index (χ0n) is 22.0. The number of piperidine rings is 1. The highest BCUT2D eigenvalue weighted by molar-refractivity contribution is 6.31. The molecule has 7 heteroatoms. The Hall–Kier alpha value is -2.88. The molecule has 0 radical (unpaired) electrons. The molecule has 2 aliphatic rings. The van der Waals surface area contributed by atoms with E-state index in [0.29, 0.717) is 16.1 Å². The smallest absolute Gasteiger partial charge is 0.150 e. The third-order valence-corrected chi connectivity index (χ3v) is 7.08. The van der Waals surface area contributed by atoms with Crippen LogP contribution in [0.25, 0.3) is 0 Å². The average Bonchev–Trinajstić information content (AvgIpc) is 2.88. The van der Waals surface area contributed by atoms with Crippen LogP contribution in [0.15, 0.2) is 42.5 Å². The second kappa shape index (κ2) is 12.9. The standard InChI is InChI=1S/C15H18ClNO.C13H15NO2.CH5N/c1-14(2)9-15(3,4)13(14)18-11-6-5-10(8-17)12(16)7-11;15-9-11-1-3-13(4-2-11)14-7-5-12(10-16)6-8-14;1-2/h5-7,13H,9H2,1-4H3;1-4,9-10,12H,5-8H2;2H2,1H3. The minimum absolute atomic E-state index is 0.175. The lowest BCUT2D eigenvalue weighted by molar-refractivity contribution is -0.133. The summed E-state index contributed by atoms with van der Waals surface area (Å²) in [6, 6.07) is 14.9. The largest absolute Gasteiger partial charge is 0.489 e. The van der Waals surface area contributed by atoms with Crippen LogP contribution in [0.2, 0.25) is 5.02 Å². The first kappa shape index (κ1) is 29.4. The maximum Gasteiger partial charge on any atom is 0.150 e. The molecule has 0 atom stereocenters. The summed E-state index contributed by atoms with van der Waals surface area (Å²) in [6.07, 6.45) is 5.09. The van der Waals surface area contributed by atoms with E-state index in [0.717, 1.165) is 56.4 Å². The third kappa shape index (κ3) is 7.32. The van der Waals surface area contributed by atoms with Gasteiger partial charge in [0.15, 0.2) is 0 Å². The molecule has 0 bridgehead atoms. The molecule has 36 heavy (non-hydrogen) atoms. The molecule has 1 saturated heterocycles. The van der Waals surface area contributed by atoms with Gasteiger partial charge >= 0.3 is 0 Å². The van der Waals surface area contributed by atoms with Gasteiger partial charge in [-0.2, -0.15) is 5.26 Å². The molecule has 2 fully saturated rings. The van der Waals surface area contributed by atoms with Gasteiger partial charge in [0.2, 0.25) is 0 Å². The molecule has 0 amide bonds. The molecule has 0 aromatic heterocycles.